The molecule has 8 nitrogen and oxygen atoms in total. The van der Waals surface area contributed by atoms with Crippen molar-refractivity contribution in [3.05, 3.63) is 53.7 Å². The van der Waals surface area contributed by atoms with E-state index in [1.54, 1.807) is 0 Å². The predicted octanol–water partition coefficient (Wildman–Crippen LogP) is 3.61. The van der Waals surface area contributed by atoms with Gasteiger partial charge in [0.2, 0.25) is 0 Å². The minimum absolute atomic E-state index is 0.0169. The van der Waals surface area contributed by atoms with Gasteiger partial charge in [0, 0.05) is 17.4 Å². The Balaban J connectivity index is 1.76. The van der Waals surface area contributed by atoms with Crippen LogP contribution in [0.5, 0.6) is 0 Å². The first kappa shape index (κ1) is 23.7. The topological polar surface area (TPSA) is 123 Å². The molecule has 1 aliphatic heterocycles. The lowest BCUT2D eigenvalue weighted by Crippen LogP contribution is -2.54. The van der Waals surface area contributed by atoms with E-state index < -0.39 is 49.7 Å². The molecule has 3 heterocycles. The number of sulfone groups is 1. The Labute approximate surface area is 190 Å². The Morgan fingerprint density at radius 3 is 2.50 bits per heavy atom. The average Bonchev–Trinajstić information content (AvgIpc) is 2.72. The van der Waals surface area contributed by atoms with Gasteiger partial charge in [0.1, 0.15) is 22.7 Å². The first-order valence-electron chi connectivity index (χ1n) is 9.67. The van der Waals surface area contributed by atoms with E-state index >= 15 is 0 Å². The smallest absolute Gasteiger partial charge is 0.384 e. The predicted molar refractivity (Wildman–Crippen MR) is 114 cm³/mol. The van der Waals surface area contributed by atoms with Gasteiger partial charge in [-0.2, -0.15) is 13.2 Å². The fraction of sp³-hybridized carbons (Fsp3) is 0.300. The van der Waals surface area contributed by atoms with E-state index in [9.17, 15) is 30.4 Å². The Hall–Kier alpha value is -3.42. The Kier molecular flexibility index (Phi) is 5.27. The van der Waals surface area contributed by atoms with E-state index in [2.05, 4.69) is 25.3 Å². The molecule has 14 heteroatoms. The quantitative estimate of drug-likeness (QED) is 0.527. The third kappa shape index (κ3) is 3.91. The van der Waals surface area contributed by atoms with E-state index in [-0.39, 0.29) is 28.1 Å². The van der Waals surface area contributed by atoms with Crippen LogP contribution in [0.25, 0.3) is 11.0 Å². The van der Waals surface area contributed by atoms with E-state index in [0.717, 1.165) is 13.0 Å². The number of fused-ring (bicyclic) bond motifs is 1. The molecule has 34 heavy (non-hydrogen) atoms. The van der Waals surface area contributed by atoms with Gasteiger partial charge in [0.05, 0.1) is 17.5 Å². The lowest BCUT2D eigenvalue weighted by Gasteiger charge is -2.35. The fourth-order valence-electron chi connectivity index (χ4n) is 3.53. The highest BCUT2D eigenvalue weighted by Gasteiger charge is 2.53. The van der Waals surface area contributed by atoms with Crippen LogP contribution in [0.2, 0.25) is 0 Å². The Morgan fingerprint density at radius 1 is 1.15 bits per heavy atom. The minimum Gasteiger partial charge on any atom is -0.384 e. The molecular weight excluding hydrogens is 483 g/mol. The van der Waals surface area contributed by atoms with Gasteiger partial charge in [-0.3, -0.25) is 4.99 Å². The number of rotatable bonds is 3. The summed E-state index contributed by atoms with van der Waals surface area (Å²) in [5.74, 6) is -2.43. The van der Waals surface area contributed by atoms with E-state index in [1.807, 2.05) is 0 Å². The number of anilines is 2. The van der Waals surface area contributed by atoms with Gasteiger partial charge in [-0.25, -0.2) is 32.2 Å². The SMILES string of the molecule is C[C@]1(F)C(N)=N[C@](C)(c2cc(Nc3nccc4nc(C(F)(F)F)cnc34)ccc2F)CS1(=O)=O. The average molecular weight is 500 g/mol. The van der Waals surface area contributed by atoms with Crippen molar-refractivity contribution in [3.8, 4) is 0 Å². The summed E-state index contributed by atoms with van der Waals surface area (Å²) in [7, 11) is -4.43. The van der Waals surface area contributed by atoms with Crippen molar-refractivity contribution in [2.24, 2.45) is 10.7 Å². The first-order valence-corrected chi connectivity index (χ1v) is 11.3. The highest BCUT2D eigenvalue weighted by Crippen LogP contribution is 2.39. The van der Waals surface area contributed by atoms with Crippen LogP contribution in [-0.2, 0) is 21.6 Å². The van der Waals surface area contributed by atoms with Crippen LogP contribution in [-0.4, -0.2) is 40.0 Å². The molecule has 2 atom stereocenters. The van der Waals surface area contributed by atoms with E-state index in [4.69, 9.17) is 5.73 Å². The largest absolute Gasteiger partial charge is 0.434 e. The maximum atomic E-state index is 14.7. The highest BCUT2D eigenvalue weighted by molar-refractivity contribution is 7.93. The number of nitrogens with zero attached hydrogens (tertiary/aromatic N) is 4. The second-order valence-electron chi connectivity index (χ2n) is 8.05. The van der Waals surface area contributed by atoms with Crippen molar-refractivity contribution in [2.45, 2.75) is 30.6 Å². The molecule has 0 amide bonds. The monoisotopic (exact) mass is 500 g/mol. The lowest BCUT2D eigenvalue weighted by molar-refractivity contribution is -0.141. The standard InChI is InChI=1S/C20H17F5N6O2S/c1-18(9-34(32,33)19(2,22)17(26)31-18)11-7-10(3-4-12(11)21)29-16-15-13(5-6-27-16)30-14(8-28-15)20(23,24)25/h3-8H,9H2,1-2H3,(H2,26,31)(H,27,29)/t18-,19+/m0/s1. The molecule has 3 aromatic rings. The van der Waals surface area contributed by atoms with Crippen molar-refractivity contribution in [2.75, 3.05) is 11.1 Å². The van der Waals surface area contributed by atoms with Crippen LogP contribution in [0.1, 0.15) is 25.1 Å². The number of hydrogen-bond acceptors (Lipinski definition) is 8. The summed E-state index contributed by atoms with van der Waals surface area (Å²) in [4.78, 5) is 15.3. The zero-order valence-corrected chi connectivity index (χ0v) is 18.5. The number of benzene rings is 1. The molecule has 180 valence electrons. The van der Waals surface area contributed by atoms with Crippen LogP contribution in [0, 0.1) is 5.82 Å². The van der Waals surface area contributed by atoms with Crippen molar-refractivity contribution >= 4 is 38.2 Å². The molecule has 3 N–H and O–H groups in total. The molecular formula is C20H17F5N6O2S. The molecule has 4 rings (SSSR count). The van der Waals surface area contributed by atoms with Crippen LogP contribution < -0.4 is 11.1 Å². The van der Waals surface area contributed by atoms with Gasteiger partial charge < -0.3 is 11.1 Å². The fourth-order valence-corrected chi connectivity index (χ4v) is 5.12. The summed E-state index contributed by atoms with van der Waals surface area (Å²) in [6.45, 7) is 2.07. The molecule has 0 bridgehead atoms. The number of aromatic nitrogens is 3. The second kappa shape index (κ2) is 7.55. The number of alkyl halides is 4. The van der Waals surface area contributed by atoms with Crippen LogP contribution >= 0.6 is 0 Å². The summed E-state index contributed by atoms with van der Waals surface area (Å²) in [6, 6.07) is 4.81. The molecule has 0 aliphatic carbocycles. The second-order valence-corrected chi connectivity index (χ2v) is 10.3. The molecule has 1 aliphatic rings. The third-order valence-corrected chi connectivity index (χ3v) is 7.76. The third-order valence-electron chi connectivity index (χ3n) is 5.44. The zero-order valence-electron chi connectivity index (χ0n) is 17.7. The van der Waals surface area contributed by atoms with Crippen LogP contribution in [0.15, 0.2) is 41.7 Å². The molecule has 0 saturated heterocycles. The van der Waals surface area contributed by atoms with Crippen LogP contribution in [0.3, 0.4) is 0 Å². The van der Waals surface area contributed by atoms with Crippen molar-refractivity contribution in [3.63, 3.8) is 0 Å². The Morgan fingerprint density at radius 2 is 1.85 bits per heavy atom. The number of hydrogen-bond donors (Lipinski definition) is 2. The van der Waals surface area contributed by atoms with Gasteiger partial charge >= 0.3 is 6.18 Å². The van der Waals surface area contributed by atoms with Crippen molar-refractivity contribution in [1.82, 2.24) is 15.0 Å². The first-order chi connectivity index (χ1) is 15.6. The van der Waals surface area contributed by atoms with Gasteiger partial charge in [-0.15, -0.1) is 0 Å². The molecule has 0 spiro atoms. The summed E-state index contributed by atoms with van der Waals surface area (Å²) in [6.07, 6.45) is -2.91. The van der Waals surface area contributed by atoms with E-state index in [0.29, 0.717) is 6.20 Å². The summed E-state index contributed by atoms with van der Waals surface area (Å²) >= 11 is 0. The molecule has 0 fully saturated rings. The maximum absolute atomic E-state index is 14.7. The van der Waals surface area contributed by atoms with Gasteiger partial charge in [-0.1, -0.05) is 0 Å². The molecule has 0 saturated carbocycles. The zero-order chi connectivity index (χ0) is 25.1. The number of amidine groups is 1. The van der Waals surface area contributed by atoms with Crippen molar-refractivity contribution < 1.29 is 30.4 Å². The van der Waals surface area contributed by atoms with Gasteiger partial charge in [0.15, 0.2) is 21.3 Å². The number of pyridine rings is 1. The van der Waals surface area contributed by atoms with Crippen molar-refractivity contribution in [1.29, 1.82) is 0 Å². The number of nitrogens with two attached hydrogens (primary N) is 1. The minimum atomic E-state index is -4.68. The number of nitrogens with one attached hydrogen (secondary N) is 1. The summed E-state index contributed by atoms with van der Waals surface area (Å²) < 4.78 is 93.0. The normalized spacial score (nSPS) is 24.6. The molecule has 1 aromatic carbocycles. The highest BCUT2D eigenvalue weighted by atomic mass is 32.2. The number of halogens is 5. The van der Waals surface area contributed by atoms with Gasteiger partial charge in [0.25, 0.3) is 5.00 Å². The molecule has 2 aromatic heterocycles. The molecule has 0 unspecified atom stereocenters. The maximum Gasteiger partial charge on any atom is 0.434 e. The summed E-state index contributed by atoms with van der Waals surface area (Å²) in [5.41, 5.74) is 2.60. The lowest BCUT2D eigenvalue weighted by atomic mass is 9.93. The number of aliphatic imine (C=N–C) groups is 1. The van der Waals surface area contributed by atoms with Gasteiger partial charge in [-0.05, 0) is 38.1 Å². The van der Waals surface area contributed by atoms with Crippen LogP contribution in [0.4, 0.5) is 33.5 Å². The van der Waals surface area contributed by atoms with E-state index in [1.165, 1.54) is 31.3 Å². The molecule has 0 radical (unpaired) electrons. The Bertz CT molecular complexity index is 1440. The summed E-state index contributed by atoms with van der Waals surface area (Å²) in [5, 5.41) is -0.0768.